The largest absolute Gasteiger partial charge is 0.473 e. The number of amides is 1. The molecule has 2 aliphatic rings. The van der Waals surface area contributed by atoms with Gasteiger partial charge >= 0.3 is 5.97 Å². The highest BCUT2D eigenvalue weighted by Crippen LogP contribution is 2.43. The van der Waals surface area contributed by atoms with Gasteiger partial charge in [-0.2, -0.15) is 5.26 Å². The third kappa shape index (κ3) is 6.44. The van der Waals surface area contributed by atoms with Crippen molar-refractivity contribution in [3.63, 3.8) is 0 Å². The van der Waals surface area contributed by atoms with Crippen molar-refractivity contribution in [2.75, 3.05) is 27.2 Å². The summed E-state index contributed by atoms with van der Waals surface area (Å²) in [5.41, 5.74) is 3.46. The first-order valence-electron chi connectivity index (χ1n) is 15.5. The van der Waals surface area contributed by atoms with E-state index in [9.17, 15) is 14.0 Å². The first-order chi connectivity index (χ1) is 22.2. The monoisotopic (exact) mass is 624 g/mol. The zero-order valence-corrected chi connectivity index (χ0v) is 26.3. The molecule has 1 amide bonds. The van der Waals surface area contributed by atoms with E-state index in [0.29, 0.717) is 30.1 Å². The molecule has 0 bridgehead atoms. The van der Waals surface area contributed by atoms with Crippen LogP contribution >= 0.6 is 0 Å². The van der Waals surface area contributed by atoms with Crippen LogP contribution in [0.4, 0.5) is 4.39 Å². The average molecular weight is 625 g/mol. The number of carbonyl (C=O) groups is 2. The number of rotatable bonds is 10. The number of esters is 1. The van der Waals surface area contributed by atoms with Crippen molar-refractivity contribution in [2.45, 2.75) is 63.8 Å². The fourth-order valence-electron chi connectivity index (χ4n) is 6.30. The number of hydrogen-bond acceptors (Lipinski definition) is 8. The normalized spacial score (nSPS) is 16.2. The predicted octanol–water partition coefficient (Wildman–Crippen LogP) is 5.20. The number of imidazole rings is 1. The van der Waals surface area contributed by atoms with Crippen molar-refractivity contribution in [1.29, 1.82) is 5.26 Å². The van der Waals surface area contributed by atoms with E-state index in [2.05, 4.69) is 9.47 Å². The van der Waals surface area contributed by atoms with Crippen LogP contribution in [0, 0.1) is 17.1 Å². The van der Waals surface area contributed by atoms with Gasteiger partial charge in [0.05, 0.1) is 47.4 Å². The molecule has 0 spiro atoms. The van der Waals surface area contributed by atoms with Crippen molar-refractivity contribution >= 4 is 22.9 Å². The maximum Gasteiger partial charge on any atom is 0.337 e. The number of nitriles is 1. The number of likely N-dealkylation sites (N-methyl/N-ethyl adjacent to an activating group) is 1. The number of benzene rings is 2. The molecule has 1 saturated heterocycles. The summed E-state index contributed by atoms with van der Waals surface area (Å²) in [6, 6.07) is 17.4. The maximum atomic E-state index is 14.3. The van der Waals surface area contributed by atoms with Crippen molar-refractivity contribution < 1.29 is 23.5 Å². The van der Waals surface area contributed by atoms with Crippen LogP contribution in [0.25, 0.3) is 11.0 Å². The molecule has 4 aromatic rings. The van der Waals surface area contributed by atoms with E-state index < -0.39 is 11.8 Å². The number of fused-ring (bicyclic) bond motifs is 1. The van der Waals surface area contributed by atoms with Crippen molar-refractivity contribution in [3.8, 4) is 11.9 Å². The van der Waals surface area contributed by atoms with Crippen LogP contribution in [-0.2, 0) is 29.2 Å². The molecule has 238 valence electrons. The molecule has 1 aliphatic carbocycles. The van der Waals surface area contributed by atoms with Gasteiger partial charge in [-0.1, -0.05) is 12.1 Å². The Morgan fingerprint density at radius 2 is 1.89 bits per heavy atom. The summed E-state index contributed by atoms with van der Waals surface area (Å²) < 4.78 is 27.3. The summed E-state index contributed by atoms with van der Waals surface area (Å²) in [4.78, 5) is 38.6. The summed E-state index contributed by atoms with van der Waals surface area (Å²) in [7, 11) is 3.23. The van der Waals surface area contributed by atoms with E-state index in [0.717, 1.165) is 61.3 Å². The number of pyridine rings is 1. The van der Waals surface area contributed by atoms with Gasteiger partial charge in [0.25, 0.3) is 0 Å². The van der Waals surface area contributed by atoms with Crippen LogP contribution in [0.15, 0.2) is 54.6 Å². The third-order valence-corrected chi connectivity index (χ3v) is 9.39. The lowest BCUT2D eigenvalue weighted by molar-refractivity contribution is -0.130. The highest BCUT2D eigenvalue weighted by atomic mass is 19.1. The molecule has 46 heavy (non-hydrogen) atoms. The Balaban J connectivity index is 1.15. The van der Waals surface area contributed by atoms with Crippen LogP contribution in [0.5, 0.6) is 5.88 Å². The van der Waals surface area contributed by atoms with Crippen molar-refractivity contribution in [3.05, 3.63) is 88.6 Å². The molecule has 11 heteroatoms. The van der Waals surface area contributed by atoms with Gasteiger partial charge < -0.3 is 18.9 Å². The molecule has 0 atom stereocenters. The van der Waals surface area contributed by atoms with Gasteiger partial charge in [0.1, 0.15) is 18.2 Å². The van der Waals surface area contributed by atoms with Crippen LogP contribution in [0.2, 0.25) is 0 Å². The molecule has 3 heterocycles. The topological polar surface area (TPSA) is 114 Å². The molecule has 2 fully saturated rings. The summed E-state index contributed by atoms with van der Waals surface area (Å²) in [6.07, 6.45) is 3.65. The van der Waals surface area contributed by atoms with Crippen LogP contribution < -0.4 is 4.74 Å². The van der Waals surface area contributed by atoms with E-state index in [-0.39, 0.29) is 29.5 Å². The molecule has 0 radical (unpaired) electrons. The van der Waals surface area contributed by atoms with E-state index in [4.69, 9.17) is 24.7 Å². The van der Waals surface area contributed by atoms with Crippen molar-refractivity contribution in [1.82, 2.24) is 24.3 Å². The van der Waals surface area contributed by atoms with E-state index in [1.807, 2.05) is 42.3 Å². The summed E-state index contributed by atoms with van der Waals surface area (Å²) in [5, 5.41) is 8.97. The van der Waals surface area contributed by atoms with Crippen LogP contribution in [0.1, 0.15) is 71.5 Å². The number of carbonyl (C=O) groups excluding carboxylic acids is 2. The molecule has 2 aromatic heterocycles. The minimum absolute atomic E-state index is 0.0258. The fraction of sp³-hybridized carbons (Fsp3) is 0.400. The first-order valence-corrected chi connectivity index (χ1v) is 15.5. The van der Waals surface area contributed by atoms with Gasteiger partial charge in [0.15, 0.2) is 0 Å². The predicted molar refractivity (Wildman–Crippen MR) is 168 cm³/mol. The van der Waals surface area contributed by atoms with Gasteiger partial charge in [0.2, 0.25) is 11.8 Å². The molecule has 0 unspecified atom stereocenters. The van der Waals surface area contributed by atoms with E-state index in [1.54, 1.807) is 31.2 Å². The molecule has 2 aromatic carbocycles. The highest BCUT2D eigenvalue weighted by molar-refractivity contribution is 5.93. The van der Waals surface area contributed by atoms with Crippen molar-refractivity contribution in [2.24, 2.45) is 0 Å². The Morgan fingerprint density at radius 3 is 2.57 bits per heavy atom. The van der Waals surface area contributed by atoms with Gasteiger partial charge in [-0.15, -0.1) is 0 Å². The second kappa shape index (κ2) is 12.9. The number of nitrogens with zero attached hydrogens (tertiary/aromatic N) is 6. The second-order valence-electron chi connectivity index (χ2n) is 12.3. The molecule has 1 saturated carbocycles. The molecule has 6 rings (SSSR count). The molecular weight excluding hydrogens is 587 g/mol. The smallest absolute Gasteiger partial charge is 0.337 e. The maximum absolute atomic E-state index is 14.3. The molecule has 0 N–H and O–H groups in total. The van der Waals surface area contributed by atoms with Gasteiger partial charge in [-0.05, 0) is 75.2 Å². The number of methoxy groups -OCH3 is 1. The second-order valence-corrected chi connectivity index (χ2v) is 12.3. The SMILES string of the molecule is COC(=O)c1ccc2nc(CN3CCC(c4cccc(OCc5ccc(C#N)cc5F)n4)CC3)n(CC3(N(C)C(C)=O)CC3)c2c1. The lowest BCUT2D eigenvalue weighted by Gasteiger charge is -2.32. The minimum atomic E-state index is -0.474. The average Bonchev–Trinajstić information content (AvgIpc) is 3.79. The standard InChI is InChI=1S/C35H37FN6O4/c1-23(43)40(2)35(13-14-35)22-42-31-18-26(34(44)45-3)9-10-30(31)38-32(42)20-41-15-11-25(12-16-41)29-5-4-6-33(39-29)46-21-27-8-7-24(19-37)17-28(27)36/h4-10,17-18,25H,11-16,20-22H2,1-3H3. The summed E-state index contributed by atoms with van der Waals surface area (Å²) in [6.45, 7) is 4.57. The van der Waals surface area contributed by atoms with Crippen LogP contribution in [-0.4, -0.2) is 69.0 Å². The summed E-state index contributed by atoms with van der Waals surface area (Å²) in [5.74, 6) is 0.760. The van der Waals surface area contributed by atoms with E-state index >= 15 is 0 Å². The Morgan fingerprint density at radius 1 is 1.11 bits per heavy atom. The Hall–Kier alpha value is -4.82. The lowest BCUT2D eigenvalue weighted by atomic mass is 9.93. The number of halogens is 1. The Labute approximate surface area is 267 Å². The Bertz CT molecular complexity index is 1820. The lowest BCUT2D eigenvalue weighted by Crippen LogP contribution is -2.41. The van der Waals surface area contributed by atoms with Gasteiger partial charge in [0, 0.05) is 43.8 Å². The number of piperidine rings is 1. The fourth-order valence-corrected chi connectivity index (χ4v) is 6.30. The Kier molecular flexibility index (Phi) is 8.73. The highest BCUT2D eigenvalue weighted by Gasteiger charge is 2.48. The molecule has 1 aliphatic heterocycles. The number of hydrogen-bond donors (Lipinski definition) is 0. The van der Waals surface area contributed by atoms with Gasteiger partial charge in [-0.25, -0.2) is 19.2 Å². The number of aromatic nitrogens is 3. The minimum Gasteiger partial charge on any atom is -0.473 e. The number of likely N-dealkylation sites (tertiary alicyclic amines) is 1. The zero-order chi connectivity index (χ0) is 32.4. The number of ether oxygens (including phenoxy) is 2. The quantitative estimate of drug-likeness (QED) is 0.221. The zero-order valence-electron chi connectivity index (χ0n) is 26.3. The molecular formula is C35H37FN6O4. The third-order valence-electron chi connectivity index (χ3n) is 9.39. The summed E-state index contributed by atoms with van der Waals surface area (Å²) >= 11 is 0. The molecule has 10 nitrogen and oxygen atoms in total. The van der Waals surface area contributed by atoms with Gasteiger partial charge in [-0.3, -0.25) is 9.69 Å². The van der Waals surface area contributed by atoms with E-state index in [1.165, 1.54) is 13.2 Å². The van der Waals surface area contributed by atoms with Crippen LogP contribution in [0.3, 0.4) is 0 Å². The first kappa shape index (κ1) is 31.2.